The Labute approximate surface area is 136 Å². The molecule has 0 N–H and O–H groups in total. The monoisotopic (exact) mass is 302 g/mol. The number of rotatable bonds is 5. The number of hydrogen-bond donors (Lipinski definition) is 0. The second-order valence-electron chi connectivity index (χ2n) is 5.32. The molecule has 3 rings (SSSR count). The van der Waals surface area contributed by atoms with Gasteiger partial charge >= 0.3 is 0 Å². The zero-order chi connectivity index (χ0) is 16.1. The number of hydrogen-bond acceptors (Lipinski definition) is 2. The van der Waals surface area contributed by atoms with Gasteiger partial charge in [-0.2, -0.15) is 5.26 Å². The molecule has 3 heteroatoms. The van der Waals surface area contributed by atoms with Crippen LogP contribution in [0.2, 0.25) is 0 Å². The van der Waals surface area contributed by atoms with Crippen LogP contribution in [0.4, 0.5) is 0 Å². The zero-order valence-corrected chi connectivity index (χ0v) is 13.1. The molecule has 2 aromatic carbocycles. The van der Waals surface area contributed by atoms with Crippen LogP contribution in [-0.2, 0) is 6.42 Å². The van der Waals surface area contributed by atoms with Gasteiger partial charge in [0.05, 0.1) is 0 Å². The van der Waals surface area contributed by atoms with Crippen LogP contribution < -0.4 is 4.74 Å². The van der Waals surface area contributed by atoms with E-state index in [9.17, 15) is 5.26 Å². The first kappa shape index (κ1) is 14.9. The van der Waals surface area contributed by atoms with Crippen molar-refractivity contribution in [2.24, 2.45) is 0 Å². The summed E-state index contributed by atoms with van der Waals surface area (Å²) < 4.78 is 7.82. The molecule has 0 unspecified atom stereocenters. The highest BCUT2D eigenvalue weighted by atomic mass is 16.5. The van der Waals surface area contributed by atoms with Crippen molar-refractivity contribution in [3.05, 3.63) is 78.1 Å². The molecule has 0 saturated carbocycles. The minimum atomic E-state index is 0.658. The van der Waals surface area contributed by atoms with E-state index in [0.29, 0.717) is 5.69 Å². The summed E-state index contributed by atoms with van der Waals surface area (Å²) in [5, 5.41) is 9.32. The molecule has 114 valence electrons. The lowest BCUT2D eigenvalue weighted by Crippen LogP contribution is -2.02. The Morgan fingerprint density at radius 3 is 2.26 bits per heavy atom. The molecular formula is C20H18N2O. The average molecular weight is 302 g/mol. The predicted molar refractivity (Wildman–Crippen MR) is 91.0 cm³/mol. The van der Waals surface area contributed by atoms with Crippen LogP contribution in [0.5, 0.6) is 11.5 Å². The van der Waals surface area contributed by atoms with Crippen molar-refractivity contribution >= 4 is 0 Å². The van der Waals surface area contributed by atoms with Crippen molar-refractivity contribution in [3.8, 4) is 23.3 Å². The van der Waals surface area contributed by atoms with Crippen molar-refractivity contribution in [2.45, 2.75) is 19.8 Å². The van der Waals surface area contributed by atoms with E-state index in [1.165, 1.54) is 0 Å². The first-order valence-electron chi connectivity index (χ1n) is 7.76. The Bertz CT molecular complexity index is 811. The number of para-hydroxylation sites is 1. The van der Waals surface area contributed by atoms with Crippen LogP contribution in [0.3, 0.4) is 0 Å². The molecule has 0 aliphatic heterocycles. The highest BCUT2D eigenvalue weighted by molar-refractivity contribution is 5.45. The van der Waals surface area contributed by atoms with Gasteiger partial charge in [-0.3, -0.25) is 0 Å². The van der Waals surface area contributed by atoms with Crippen LogP contribution in [0.15, 0.2) is 66.7 Å². The summed E-state index contributed by atoms with van der Waals surface area (Å²) in [6, 6.07) is 23.7. The van der Waals surface area contributed by atoms with Gasteiger partial charge < -0.3 is 9.30 Å². The minimum Gasteiger partial charge on any atom is -0.457 e. The van der Waals surface area contributed by atoms with Gasteiger partial charge in [-0.25, -0.2) is 0 Å². The van der Waals surface area contributed by atoms with E-state index in [1.807, 2.05) is 71.3 Å². The maximum absolute atomic E-state index is 9.32. The molecule has 0 aliphatic rings. The summed E-state index contributed by atoms with van der Waals surface area (Å²) in [6.45, 7) is 2.14. The van der Waals surface area contributed by atoms with E-state index < -0.39 is 0 Å². The first-order valence-corrected chi connectivity index (χ1v) is 7.76. The van der Waals surface area contributed by atoms with E-state index in [-0.39, 0.29) is 0 Å². The summed E-state index contributed by atoms with van der Waals surface area (Å²) in [6.07, 6.45) is 1.99. The van der Waals surface area contributed by atoms with E-state index >= 15 is 0 Å². The fourth-order valence-electron chi connectivity index (χ4n) is 2.61. The zero-order valence-electron chi connectivity index (χ0n) is 13.1. The van der Waals surface area contributed by atoms with Crippen molar-refractivity contribution in [1.82, 2.24) is 4.57 Å². The lowest BCUT2D eigenvalue weighted by molar-refractivity contribution is 0.482. The summed E-state index contributed by atoms with van der Waals surface area (Å²) in [7, 11) is 0. The van der Waals surface area contributed by atoms with E-state index in [1.54, 1.807) is 0 Å². The number of nitriles is 1. The first-order chi connectivity index (χ1) is 11.3. The summed E-state index contributed by atoms with van der Waals surface area (Å²) in [5.41, 5.74) is 2.79. The van der Waals surface area contributed by atoms with Gasteiger partial charge in [0.2, 0.25) is 0 Å². The van der Waals surface area contributed by atoms with Gasteiger partial charge in [0.25, 0.3) is 0 Å². The molecule has 3 nitrogen and oxygen atoms in total. The summed E-state index contributed by atoms with van der Waals surface area (Å²) in [4.78, 5) is 0. The van der Waals surface area contributed by atoms with Gasteiger partial charge in [-0.05, 0) is 55.0 Å². The molecule has 0 bridgehead atoms. The van der Waals surface area contributed by atoms with Crippen LogP contribution in [0, 0.1) is 11.3 Å². The predicted octanol–water partition coefficient (Wildman–Crippen LogP) is 5.09. The third kappa shape index (κ3) is 3.27. The summed E-state index contributed by atoms with van der Waals surface area (Å²) in [5.74, 6) is 1.59. The minimum absolute atomic E-state index is 0.658. The van der Waals surface area contributed by atoms with Crippen LogP contribution >= 0.6 is 0 Å². The number of aromatic nitrogens is 1. The quantitative estimate of drug-likeness (QED) is 0.658. The molecule has 0 fully saturated rings. The third-order valence-corrected chi connectivity index (χ3v) is 3.66. The fraction of sp³-hybridized carbons (Fsp3) is 0.150. The Kier molecular flexibility index (Phi) is 4.44. The smallest absolute Gasteiger partial charge is 0.127 e. The van der Waals surface area contributed by atoms with Crippen molar-refractivity contribution in [1.29, 1.82) is 5.26 Å². The largest absolute Gasteiger partial charge is 0.457 e. The molecule has 1 aromatic heterocycles. The molecule has 0 radical (unpaired) electrons. The van der Waals surface area contributed by atoms with Gasteiger partial charge in [-0.15, -0.1) is 0 Å². The number of ether oxygens (including phenoxy) is 1. The molecule has 0 spiro atoms. The standard InChI is InChI=1S/C20H18N2O/c1-2-6-16-9-10-18(15-21)22(16)17-11-13-20(14-12-17)23-19-7-4-3-5-8-19/h3-5,7-14H,2,6H2,1H3. The second-order valence-corrected chi connectivity index (χ2v) is 5.32. The van der Waals surface area contributed by atoms with E-state index in [4.69, 9.17) is 4.74 Å². The average Bonchev–Trinajstić information content (AvgIpc) is 3.00. The molecule has 0 saturated heterocycles. The molecule has 0 amide bonds. The van der Waals surface area contributed by atoms with Crippen molar-refractivity contribution in [3.63, 3.8) is 0 Å². The van der Waals surface area contributed by atoms with Crippen molar-refractivity contribution < 1.29 is 4.74 Å². The molecule has 0 aliphatic carbocycles. The van der Waals surface area contributed by atoms with Gasteiger partial charge in [-0.1, -0.05) is 31.5 Å². The molecule has 0 atom stereocenters. The van der Waals surface area contributed by atoms with Gasteiger partial charge in [0.1, 0.15) is 23.3 Å². The van der Waals surface area contributed by atoms with Crippen LogP contribution in [-0.4, -0.2) is 4.57 Å². The normalized spacial score (nSPS) is 10.3. The molecule has 1 heterocycles. The SMILES string of the molecule is CCCc1ccc(C#N)n1-c1ccc(Oc2ccccc2)cc1. The Hall–Kier alpha value is -2.99. The highest BCUT2D eigenvalue weighted by Gasteiger charge is 2.09. The Balaban J connectivity index is 1.88. The van der Waals surface area contributed by atoms with Gasteiger partial charge in [0.15, 0.2) is 0 Å². The van der Waals surface area contributed by atoms with Crippen LogP contribution in [0.1, 0.15) is 24.7 Å². The summed E-state index contributed by atoms with van der Waals surface area (Å²) >= 11 is 0. The topological polar surface area (TPSA) is 38.0 Å². The van der Waals surface area contributed by atoms with E-state index in [2.05, 4.69) is 13.0 Å². The maximum atomic E-state index is 9.32. The fourth-order valence-corrected chi connectivity index (χ4v) is 2.61. The number of aryl methyl sites for hydroxylation is 1. The third-order valence-electron chi connectivity index (χ3n) is 3.66. The number of benzene rings is 2. The molecule has 23 heavy (non-hydrogen) atoms. The highest BCUT2D eigenvalue weighted by Crippen LogP contribution is 2.24. The van der Waals surface area contributed by atoms with Crippen molar-refractivity contribution in [2.75, 3.05) is 0 Å². The lowest BCUT2D eigenvalue weighted by atomic mass is 10.2. The molecule has 3 aromatic rings. The molecular weight excluding hydrogens is 284 g/mol. The number of nitrogens with zero attached hydrogens (tertiary/aromatic N) is 2. The maximum Gasteiger partial charge on any atom is 0.127 e. The second kappa shape index (κ2) is 6.85. The lowest BCUT2D eigenvalue weighted by Gasteiger charge is -2.11. The van der Waals surface area contributed by atoms with Gasteiger partial charge in [0, 0.05) is 11.4 Å². The Morgan fingerprint density at radius 1 is 0.913 bits per heavy atom. The van der Waals surface area contributed by atoms with Crippen LogP contribution in [0.25, 0.3) is 5.69 Å². The Morgan fingerprint density at radius 2 is 1.61 bits per heavy atom. The van der Waals surface area contributed by atoms with E-state index in [0.717, 1.165) is 35.7 Å².